The number of pyridine rings is 1. The molecule has 1 saturated heterocycles. The van der Waals surface area contributed by atoms with Crippen molar-refractivity contribution in [3.05, 3.63) is 119 Å². The molecule has 0 aliphatic carbocycles. The lowest BCUT2D eigenvalue weighted by molar-refractivity contribution is -0.268. The van der Waals surface area contributed by atoms with Gasteiger partial charge < -0.3 is 30.0 Å². The van der Waals surface area contributed by atoms with Gasteiger partial charge in [-0.05, 0) is 59.0 Å². The zero-order valence-corrected chi connectivity index (χ0v) is 26.7. The molecule has 0 spiro atoms. The van der Waals surface area contributed by atoms with Gasteiger partial charge in [0.05, 0.1) is 30.4 Å². The predicted octanol–water partition coefficient (Wildman–Crippen LogP) is 6.19. The highest BCUT2D eigenvalue weighted by atomic mass is 32.2. The Labute approximate surface area is 273 Å². The molecule has 9 nitrogen and oxygen atoms in total. The summed E-state index contributed by atoms with van der Waals surface area (Å²) in [4.78, 5) is 28.1. The number of hydrogen-bond acceptors (Lipinski definition) is 8. The van der Waals surface area contributed by atoms with Crippen LogP contribution in [0, 0.1) is 5.92 Å². The van der Waals surface area contributed by atoms with Gasteiger partial charge in [0.25, 0.3) is 0 Å². The first-order chi connectivity index (χ1) is 22.4. The number of carbonyl (C=O) groups is 2. The number of thioether (sulfide) groups is 1. The topological polar surface area (TPSA) is 119 Å². The fourth-order valence-corrected chi connectivity index (χ4v) is 6.27. The van der Waals surface area contributed by atoms with Crippen LogP contribution in [-0.2, 0) is 32.2 Å². The van der Waals surface area contributed by atoms with E-state index in [2.05, 4.69) is 28.6 Å². The van der Waals surface area contributed by atoms with E-state index in [1.165, 1.54) is 0 Å². The van der Waals surface area contributed by atoms with Crippen molar-refractivity contribution in [3.8, 4) is 11.1 Å². The molecule has 3 N–H and O–H groups in total. The van der Waals surface area contributed by atoms with Crippen LogP contribution >= 0.6 is 11.8 Å². The molecular weight excluding hydrogens is 602 g/mol. The Kier molecular flexibility index (Phi) is 11.8. The van der Waals surface area contributed by atoms with Gasteiger partial charge in [-0.1, -0.05) is 73.7 Å². The largest absolute Gasteiger partial charge is 0.465 e. The Morgan fingerprint density at radius 2 is 1.67 bits per heavy atom. The van der Waals surface area contributed by atoms with E-state index in [0.717, 1.165) is 38.4 Å². The van der Waals surface area contributed by atoms with Crippen LogP contribution in [-0.4, -0.2) is 47.1 Å². The molecule has 2 heterocycles. The van der Waals surface area contributed by atoms with E-state index in [-0.39, 0.29) is 37.9 Å². The lowest BCUT2D eigenvalue weighted by atomic mass is 9.91. The molecule has 0 saturated carbocycles. The zero-order chi connectivity index (χ0) is 32.3. The highest BCUT2D eigenvalue weighted by molar-refractivity contribution is 7.99. The van der Waals surface area contributed by atoms with E-state index in [1.54, 1.807) is 24.9 Å². The average Bonchev–Trinajstić information content (AvgIpc) is 3.10. The maximum atomic E-state index is 12.2. The third kappa shape index (κ3) is 8.95. The second-order valence-corrected chi connectivity index (χ2v) is 12.0. The molecule has 46 heavy (non-hydrogen) atoms. The van der Waals surface area contributed by atoms with Crippen LogP contribution < -0.4 is 10.6 Å². The molecule has 1 aliphatic rings. The molecule has 3 aromatic carbocycles. The predicted molar refractivity (Wildman–Crippen MR) is 177 cm³/mol. The first-order valence-electron chi connectivity index (χ1n) is 15.3. The summed E-state index contributed by atoms with van der Waals surface area (Å²) in [7, 11) is 0. The van der Waals surface area contributed by atoms with Crippen molar-refractivity contribution in [2.24, 2.45) is 5.92 Å². The fraction of sp³-hybridized carbons (Fsp3) is 0.306. The third-order valence-electron chi connectivity index (χ3n) is 7.73. The van der Waals surface area contributed by atoms with Gasteiger partial charge in [-0.2, -0.15) is 0 Å². The van der Waals surface area contributed by atoms with Crippen molar-refractivity contribution in [2.45, 2.75) is 50.5 Å². The Bertz CT molecular complexity index is 1590. The summed E-state index contributed by atoms with van der Waals surface area (Å²) in [6.07, 6.45) is 0.874. The highest BCUT2D eigenvalue weighted by Crippen LogP contribution is 2.43. The first-order valence-corrected chi connectivity index (χ1v) is 16.3. The fourth-order valence-electron chi connectivity index (χ4n) is 5.24. The molecule has 4 atom stereocenters. The summed E-state index contributed by atoms with van der Waals surface area (Å²) < 4.78 is 18.1. The molecule has 1 aliphatic heterocycles. The Morgan fingerprint density at radius 1 is 0.891 bits per heavy atom. The molecule has 240 valence electrons. The van der Waals surface area contributed by atoms with Gasteiger partial charge in [-0.25, -0.2) is 9.78 Å². The summed E-state index contributed by atoms with van der Waals surface area (Å²) in [5.74, 6) is 0.296. The van der Waals surface area contributed by atoms with Crippen LogP contribution in [0.2, 0.25) is 0 Å². The molecule has 0 bridgehead atoms. The number of rotatable bonds is 12. The van der Waals surface area contributed by atoms with Gasteiger partial charge in [0.15, 0.2) is 6.29 Å². The van der Waals surface area contributed by atoms with Crippen molar-refractivity contribution >= 4 is 23.8 Å². The average molecular weight is 642 g/mol. The summed E-state index contributed by atoms with van der Waals surface area (Å²) in [5, 5.41) is 15.8. The SMILES string of the molecule is CCOC(=O)CNC(=O)NCc1cccc(-c2cccc(C3OC(CSc4ccccn4)C(C)C(c4ccc(CO)cc4)O3)c2)c1. The zero-order valence-electron chi connectivity index (χ0n) is 25.9. The number of urea groups is 1. The van der Waals surface area contributed by atoms with Crippen LogP contribution in [0.5, 0.6) is 0 Å². The number of nitrogens with one attached hydrogen (secondary N) is 2. The lowest BCUT2D eigenvalue weighted by Gasteiger charge is -2.41. The Morgan fingerprint density at radius 3 is 2.41 bits per heavy atom. The van der Waals surface area contributed by atoms with Crippen molar-refractivity contribution < 1.29 is 28.9 Å². The van der Waals surface area contributed by atoms with Gasteiger partial charge in [0.2, 0.25) is 0 Å². The number of ether oxygens (including phenoxy) is 3. The number of esters is 1. The monoisotopic (exact) mass is 641 g/mol. The van der Waals surface area contributed by atoms with Crippen molar-refractivity contribution in [1.29, 1.82) is 0 Å². The minimum Gasteiger partial charge on any atom is -0.465 e. The normalized spacial score (nSPS) is 19.3. The van der Waals surface area contributed by atoms with Crippen LogP contribution in [0.25, 0.3) is 11.1 Å². The molecule has 10 heteroatoms. The number of aliphatic hydroxyl groups excluding tert-OH is 1. The standard InChI is InChI=1S/C36H39N3O6S/c1-3-43-33(41)21-39-36(42)38-20-26-8-6-9-28(18-26)29-10-7-11-30(19-29)35-44-31(23-46-32-12-4-5-17-37-32)24(2)34(45-35)27-15-13-25(22-40)14-16-27/h4-19,24,31,34-35,40H,3,20-23H2,1-2H3,(H2,38,39,42). The van der Waals surface area contributed by atoms with Crippen LogP contribution in [0.15, 0.2) is 102 Å². The van der Waals surface area contributed by atoms with Crippen LogP contribution in [0.4, 0.5) is 4.79 Å². The number of aliphatic hydroxyl groups is 1. The summed E-state index contributed by atoms with van der Waals surface area (Å²) in [5.41, 5.74) is 5.66. The number of carbonyl (C=O) groups excluding carboxylic acids is 2. The van der Waals surface area contributed by atoms with E-state index in [0.29, 0.717) is 12.3 Å². The molecule has 1 fully saturated rings. The van der Waals surface area contributed by atoms with Crippen LogP contribution in [0.1, 0.15) is 48.5 Å². The third-order valence-corrected chi connectivity index (χ3v) is 8.76. The van der Waals surface area contributed by atoms with Gasteiger partial charge >= 0.3 is 12.0 Å². The van der Waals surface area contributed by atoms with Crippen molar-refractivity contribution in [3.63, 3.8) is 0 Å². The highest BCUT2D eigenvalue weighted by Gasteiger charge is 2.38. The summed E-state index contributed by atoms with van der Waals surface area (Å²) in [6, 6.07) is 29.4. The van der Waals surface area contributed by atoms with Crippen LogP contribution in [0.3, 0.4) is 0 Å². The molecule has 1 aromatic heterocycles. The van der Waals surface area contributed by atoms with Gasteiger partial charge in [-0.15, -0.1) is 11.8 Å². The number of aromatic nitrogens is 1. The second kappa shape index (κ2) is 16.4. The van der Waals surface area contributed by atoms with Crippen molar-refractivity contribution in [2.75, 3.05) is 18.9 Å². The quantitative estimate of drug-likeness (QED) is 0.124. The number of benzene rings is 3. The molecule has 2 amide bonds. The van der Waals surface area contributed by atoms with Gasteiger partial charge in [0, 0.05) is 30.0 Å². The van der Waals surface area contributed by atoms with Gasteiger partial charge in [0.1, 0.15) is 6.54 Å². The second-order valence-electron chi connectivity index (χ2n) is 11.0. The van der Waals surface area contributed by atoms with E-state index in [1.807, 2.05) is 84.9 Å². The number of hydrogen-bond donors (Lipinski definition) is 3. The smallest absolute Gasteiger partial charge is 0.325 e. The lowest BCUT2D eigenvalue weighted by Crippen LogP contribution is -2.38. The van der Waals surface area contributed by atoms with E-state index in [9.17, 15) is 14.7 Å². The summed E-state index contributed by atoms with van der Waals surface area (Å²) in [6.45, 7) is 4.23. The number of amides is 2. The minimum atomic E-state index is -0.596. The van der Waals surface area contributed by atoms with E-state index < -0.39 is 18.3 Å². The maximum absolute atomic E-state index is 12.2. The molecular formula is C36H39N3O6S. The Hall–Kier alpha value is -4.22. The minimum absolute atomic E-state index is 0.0107. The number of nitrogens with zero attached hydrogens (tertiary/aromatic N) is 1. The van der Waals surface area contributed by atoms with E-state index in [4.69, 9.17) is 14.2 Å². The molecule has 4 aromatic rings. The molecule has 5 rings (SSSR count). The van der Waals surface area contributed by atoms with Crippen molar-refractivity contribution in [1.82, 2.24) is 15.6 Å². The van der Waals surface area contributed by atoms with Gasteiger partial charge in [-0.3, -0.25) is 4.79 Å². The molecule has 4 unspecified atom stereocenters. The maximum Gasteiger partial charge on any atom is 0.325 e. The molecule has 0 radical (unpaired) electrons. The summed E-state index contributed by atoms with van der Waals surface area (Å²) >= 11 is 1.66. The van der Waals surface area contributed by atoms with E-state index >= 15 is 0 Å². The first kappa shape index (κ1) is 33.2. The Balaban J connectivity index is 1.32.